The summed E-state index contributed by atoms with van der Waals surface area (Å²) in [4.78, 5) is 25.8. The van der Waals surface area contributed by atoms with Crippen LogP contribution in [-0.2, 0) is 4.79 Å². The Morgan fingerprint density at radius 1 is 1.12 bits per heavy atom. The summed E-state index contributed by atoms with van der Waals surface area (Å²) in [5.41, 5.74) is 1.91. The summed E-state index contributed by atoms with van der Waals surface area (Å²) in [7, 11) is 0. The third kappa shape index (κ3) is 5.48. The Labute approximate surface area is 145 Å². The molecule has 0 unspecified atom stereocenters. The van der Waals surface area contributed by atoms with E-state index in [1.165, 1.54) is 0 Å². The average Bonchev–Trinajstić information content (AvgIpc) is 2.66. The lowest BCUT2D eigenvalue weighted by Gasteiger charge is -2.11. The van der Waals surface area contributed by atoms with Gasteiger partial charge in [0.1, 0.15) is 18.7 Å². The van der Waals surface area contributed by atoms with Gasteiger partial charge in [0.05, 0.1) is 6.67 Å². The lowest BCUT2D eigenvalue weighted by molar-refractivity contribution is -0.105. The first-order valence-corrected chi connectivity index (χ1v) is 7.42. The topological polar surface area (TPSA) is 106 Å². The number of carbonyl (C=O) groups excluding carboxylic acids is 2. The molecule has 2 aromatic rings. The Bertz CT molecular complexity index is 797. The van der Waals surface area contributed by atoms with Crippen LogP contribution in [0.5, 0.6) is 0 Å². The second kappa shape index (κ2) is 9.47. The first kappa shape index (κ1) is 17.7. The van der Waals surface area contributed by atoms with Crippen LogP contribution in [0, 0.1) is 18.0 Å². The van der Waals surface area contributed by atoms with Crippen molar-refractivity contribution in [2.24, 2.45) is 4.99 Å². The minimum Gasteiger partial charge on any atom is -0.368 e. The van der Waals surface area contributed by atoms with Crippen molar-refractivity contribution in [1.29, 1.82) is 5.26 Å². The number of nitrogens with zero attached hydrogens (tertiary/aromatic N) is 2. The molecule has 0 spiro atoms. The van der Waals surface area contributed by atoms with Crippen molar-refractivity contribution in [3.63, 3.8) is 0 Å². The highest BCUT2D eigenvalue weighted by molar-refractivity contribution is 5.99. The molecule has 125 valence electrons. The van der Waals surface area contributed by atoms with E-state index in [1.807, 2.05) is 30.3 Å². The normalized spacial score (nSPS) is 10.4. The highest BCUT2D eigenvalue weighted by atomic mass is 16.2. The van der Waals surface area contributed by atoms with Gasteiger partial charge >= 0.3 is 0 Å². The van der Waals surface area contributed by atoms with Gasteiger partial charge in [-0.3, -0.25) is 4.79 Å². The summed E-state index contributed by atoms with van der Waals surface area (Å²) in [6.07, 6.45) is 2.27. The highest BCUT2D eigenvalue weighted by Crippen LogP contribution is 2.10. The largest absolute Gasteiger partial charge is 0.368 e. The molecule has 0 fully saturated rings. The number of rotatable bonds is 7. The van der Waals surface area contributed by atoms with Crippen molar-refractivity contribution < 1.29 is 9.59 Å². The Morgan fingerprint density at radius 2 is 1.88 bits per heavy atom. The molecule has 0 aliphatic carbocycles. The number of nitrogens with one attached hydrogen (secondary N) is 3. The average molecular weight is 334 g/mol. The van der Waals surface area contributed by atoms with E-state index in [9.17, 15) is 9.59 Å². The zero-order valence-electron chi connectivity index (χ0n) is 13.3. The molecule has 0 aliphatic rings. The van der Waals surface area contributed by atoms with Gasteiger partial charge in [-0.15, -0.1) is 0 Å². The van der Waals surface area contributed by atoms with Crippen LogP contribution < -0.4 is 16.0 Å². The maximum absolute atomic E-state index is 11.8. The predicted octanol–water partition coefficient (Wildman–Crippen LogP) is 1.66. The monoisotopic (exact) mass is 334 g/mol. The lowest BCUT2D eigenvalue weighted by atomic mass is 10.2. The fourth-order valence-corrected chi connectivity index (χ4v) is 2.05. The van der Waals surface area contributed by atoms with Crippen molar-refractivity contribution in [2.45, 2.75) is 0 Å². The predicted molar refractivity (Wildman–Crippen MR) is 94.5 cm³/mol. The molecule has 7 nitrogen and oxygen atoms in total. The van der Waals surface area contributed by atoms with Gasteiger partial charge in [-0.05, 0) is 18.2 Å². The Morgan fingerprint density at radius 3 is 2.60 bits per heavy atom. The quantitative estimate of drug-likeness (QED) is 0.235. The SMILES string of the molecule is N#CN=C(NCNc1cccc(C(=O)N[CH]C=O)c1)c1ccccc1. The Hall–Kier alpha value is -3.66. The van der Waals surface area contributed by atoms with Gasteiger partial charge in [-0.2, -0.15) is 10.3 Å². The number of anilines is 1. The molecule has 0 saturated heterocycles. The van der Waals surface area contributed by atoms with Gasteiger partial charge in [0.15, 0.2) is 0 Å². The molecule has 0 aromatic heterocycles. The number of aliphatic imine (C=N–C) groups is 1. The molecule has 0 bridgehead atoms. The number of benzene rings is 2. The van der Waals surface area contributed by atoms with Crippen LogP contribution in [0.1, 0.15) is 15.9 Å². The minimum atomic E-state index is -0.375. The first-order chi connectivity index (χ1) is 12.2. The maximum Gasteiger partial charge on any atom is 0.252 e. The van der Waals surface area contributed by atoms with E-state index < -0.39 is 0 Å². The van der Waals surface area contributed by atoms with Gasteiger partial charge in [0, 0.05) is 16.8 Å². The highest BCUT2D eigenvalue weighted by Gasteiger charge is 2.06. The Kier molecular flexibility index (Phi) is 6.70. The van der Waals surface area contributed by atoms with Gasteiger partial charge in [0.25, 0.3) is 5.91 Å². The van der Waals surface area contributed by atoms with Crippen LogP contribution >= 0.6 is 0 Å². The number of hydrogen-bond acceptors (Lipinski definition) is 5. The van der Waals surface area contributed by atoms with Crippen molar-refractivity contribution >= 4 is 23.7 Å². The molecule has 0 atom stereocenters. The molecular weight excluding hydrogens is 318 g/mol. The van der Waals surface area contributed by atoms with Crippen LogP contribution in [0.15, 0.2) is 59.6 Å². The lowest BCUT2D eigenvalue weighted by Crippen LogP contribution is -2.29. The number of amides is 1. The van der Waals surface area contributed by atoms with Crippen molar-refractivity contribution in [1.82, 2.24) is 10.6 Å². The number of aldehydes is 1. The van der Waals surface area contributed by atoms with Crippen LogP contribution in [0.25, 0.3) is 0 Å². The Balaban J connectivity index is 1.97. The van der Waals surface area contributed by atoms with E-state index in [4.69, 9.17) is 5.26 Å². The standard InChI is InChI=1S/C18H16N5O2/c19-12-21-17(14-5-2-1-3-6-14)23-13-22-16-8-4-7-15(11-16)18(25)20-9-10-24/h1-11,22H,13H2,(H,20,25)(H,21,23). The van der Waals surface area contributed by atoms with Crippen LogP contribution in [0.4, 0.5) is 5.69 Å². The van der Waals surface area contributed by atoms with E-state index in [-0.39, 0.29) is 5.91 Å². The summed E-state index contributed by atoms with van der Waals surface area (Å²) in [6.45, 7) is 1.34. The number of nitriles is 1. The van der Waals surface area contributed by atoms with E-state index in [0.29, 0.717) is 30.0 Å². The molecule has 25 heavy (non-hydrogen) atoms. The first-order valence-electron chi connectivity index (χ1n) is 7.42. The van der Waals surface area contributed by atoms with Crippen molar-refractivity contribution in [3.8, 4) is 6.19 Å². The van der Waals surface area contributed by atoms with Crippen molar-refractivity contribution in [3.05, 3.63) is 72.3 Å². The molecule has 0 aliphatic heterocycles. The van der Waals surface area contributed by atoms with E-state index in [1.54, 1.807) is 30.5 Å². The number of carbonyl (C=O) groups is 2. The van der Waals surface area contributed by atoms with Crippen LogP contribution in [0.3, 0.4) is 0 Å². The number of amidine groups is 1. The summed E-state index contributed by atoms with van der Waals surface area (Å²) in [6, 6.07) is 16.1. The van der Waals surface area contributed by atoms with E-state index >= 15 is 0 Å². The summed E-state index contributed by atoms with van der Waals surface area (Å²) < 4.78 is 0. The molecule has 1 radical (unpaired) electrons. The van der Waals surface area contributed by atoms with E-state index in [0.717, 1.165) is 12.1 Å². The molecule has 1 amide bonds. The summed E-state index contributed by atoms with van der Waals surface area (Å²) in [5.74, 6) is 0.0739. The zero-order valence-corrected chi connectivity index (χ0v) is 13.3. The van der Waals surface area contributed by atoms with Gasteiger partial charge in [-0.1, -0.05) is 36.4 Å². The van der Waals surface area contributed by atoms with Crippen molar-refractivity contribution in [2.75, 3.05) is 12.0 Å². The molecular formula is C18H16N5O2. The summed E-state index contributed by atoms with van der Waals surface area (Å²) >= 11 is 0. The maximum atomic E-state index is 11.8. The molecule has 0 heterocycles. The fraction of sp³-hybridized carbons (Fsp3) is 0.0556. The van der Waals surface area contributed by atoms with Gasteiger partial charge in [0.2, 0.25) is 6.19 Å². The van der Waals surface area contributed by atoms with Gasteiger partial charge in [-0.25, -0.2) is 0 Å². The smallest absolute Gasteiger partial charge is 0.252 e. The van der Waals surface area contributed by atoms with E-state index in [2.05, 4.69) is 20.9 Å². The molecule has 2 aromatic carbocycles. The molecule has 0 saturated carbocycles. The molecule has 2 rings (SSSR count). The minimum absolute atomic E-state index is 0.306. The second-order valence-electron chi connectivity index (χ2n) is 4.81. The second-order valence-corrected chi connectivity index (χ2v) is 4.81. The van der Waals surface area contributed by atoms with Crippen LogP contribution in [-0.4, -0.2) is 24.7 Å². The fourth-order valence-electron chi connectivity index (χ4n) is 2.05. The third-order valence-electron chi connectivity index (χ3n) is 3.16. The van der Waals surface area contributed by atoms with Crippen LogP contribution in [0.2, 0.25) is 0 Å². The number of hydrogen-bond donors (Lipinski definition) is 3. The molecule has 7 heteroatoms. The van der Waals surface area contributed by atoms with Gasteiger partial charge < -0.3 is 20.7 Å². The third-order valence-corrected chi connectivity index (χ3v) is 3.16. The zero-order chi connectivity index (χ0) is 17.9. The molecule has 3 N–H and O–H groups in total. The summed E-state index contributed by atoms with van der Waals surface area (Å²) in [5, 5.41) is 17.3.